The minimum atomic E-state index is 0.514. The second-order valence-electron chi connectivity index (χ2n) is 4.29. The van der Waals surface area contributed by atoms with E-state index in [-0.39, 0.29) is 0 Å². The molecular formula is C12H11BrClN3O. The van der Waals surface area contributed by atoms with Crippen molar-refractivity contribution in [1.29, 1.82) is 0 Å². The van der Waals surface area contributed by atoms with E-state index >= 15 is 0 Å². The maximum Gasteiger partial charge on any atom is 0.247 e. The van der Waals surface area contributed by atoms with Crippen LogP contribution in [0.3, 0.4) is 0 Å². The van der Waals surface area contributed by atoms with Crippen molar-refractivity contribution in [3.05, 3.63) is 33.6 Å². The van der Waals surface area contributed by atoms with E-state index in [4.69, 9.17) is 16.0 Å². The zero-order valence-electron chi connectivity index (χ0n) is 9.49. The van der Waals surface area contributed by atoms with Gasteiger partial charge >= 0.3 is 0 Å². The molecule has 4 nitrogen and oxygen atoms in total. The van der Waals surface area contributed by atoms with Crippen molar-refractivity contribution in [3.8, 4) is 11.5 Å². The van der Waals surface area contributed by atoms with Gasteiger partial charge in [0.15, 0.2) is 0 Å². The maximum absolute atomic E-state index is 5.94. The molecule has 0 radical (unpaired) electrons. The van der Waals surface area contributed by atoms with Gasteiger partial charge in [0.2, 0.25) is 11.8 Å². The SMILES string of the molecule is Clc1ccc(-c2nnc(CNC3CC3)o2)cc1Br. The highest BCUT2D eigenvalue weighted by Crippen LogP contribution is 2.28. The minimum Gasteiger partial charge on any atom is -0.419 e. The molecule has 3 rings (SSSR count). The van der Waals surface area contributed by atoms with Crippen LogP contribution in [-0.2, 0) is 6.54 Å². The Bertz CT molecular complexity index is 568. The first kappa shape index (κ1) is 12.1. The van der Waals surface area contributed by atoms with Gasteiger partial charge in [-0.25, -0.2) is 0 Å². The van der Waals surface area contributed by atoms with Crippen LogP contribution in [0.4, 0.5) is 0 Å². The van der Waals surface area contributed by atoms with Crippen molar-refractivity contribution in [1.82, 2.24) is 15.5 Å². The Morgan fingerprint density at radius 3 is 2.94 bits per heavy atom. The molecular weight excluding hydrogens is 318 g/mol. The molecule has 1 N–H and O–H groups in total. The Morgan fingerprint density at radius 2 is 2.22 bits per heavy atom. The molecule has 0 saturated heterocycles. The van der Waals surface area contributed by atoms with Crippen LogP contribution in [0.25, 0.3) is 11.5 Å². The normalized spacial score (nSPS) is 15.0. The molecule has 1 aromatic heterocycles. The summed E-state index contributed by atoms with van der Waals surface area (Å²) in [5.41, 5.74) is 0.858. The van der Waals surface area contributed by atoms with Gasteiger partial charge in [0.1, 0.15) is 0 Å². The van der Waals surface area contributed by atoms with Crippen LogP contribution < -0.4 is 5.32 Å². The van der Waals surface area contributed by atoms with Crippen LogP contribution in [-0.4, -0.2) is 16.2 Å². The fourth-order valence-electron chi connectivity index (χ4n) is 1.59. The Labute approximate surface area is 118 Å². The van der Waals surface area contributed by atoms with Gasteiger partial charge in [0.25, 0.3) is 0 Å². The van der Waals surface area contributed by atoms with Crippen LogP contribution in [0.15, 0.2) is 27.1 Å². The molecule has 0 unspecified atom stereocenters. The van der Waals surface area contributed by atoms with Crippen molar-refractivity contribution < 1.29 is 4.42 Å². The predicted molar refractivity (Wildman–Crippen MR) is 72.3 cm³/mol. The highest BCUT2D eigenvalue weighted by Gasteiger charge is 2.21. The van der Waals surface area contributed by atoms with Crippen LogP contribution in [0.1, 0.15) is 18.7 Å². The number of aromatic nitrogens is 2. The quantitative estimate of drug-likeness (QED) is 0.934. The van der Waals surface area contributed by atoms with E-state index in [2.05, 4.69) is 31.4 Å². The zero-order chi connectivity index (χ0) is 12.5. The van der Waals surface area contributed by atoms with Crippen LogP contribution >= 0.6 is 27.5 Å². The van der Waals surface area contributed by atoms with Crippen molar-refractivity contribution in [2.45, 2.75) is 25.4 Å². The topological polar surface area (TPSA) is 51.0 Å². The number of halogens is 2. The van der Waals surface area contributed by atoms with Gasteiger partial charge in [-0.2, -0.15) is 0 Å². The molecule has 1 aliphatic carbocycles. The lowest BCUT2D eigenvalue weighted by molar-refractivity contribution is 0.476. The van der Waals surface area contributed by atoms with E-state index in [1.807, 2.05) is 12.1 Å². The fraction of sp³-hybridized carbons (Fsp3) is 0.333. The third-order valence-corrected chi connectivity index (χ3v) is 3.97. The average molecular weight is 329 g/mol. The summed E-state index contributed by atoms with van der Waals surface area (Å²) in [6.07, 6.45) is 2.48. The molecule has 94 valence electrons. The molecule has 0 spiro atoms. The Balaban J connectivity index is 1.76. The van der Waals surface area contributed by atoms with Crippen LogP contribution in [0, 0.1) is 0 Å². The first-order valence-corrected chi connectivity index (χ1v) is 6.90. The van der Waals surface area contributed by atoms with Crippen LogP contribution in [0.2, 0.25) is 5.02 Å². The van der Waals surface area contributed by atoms with E-state index in [0.29, 0.717) is 29.4 Å². The number of hydrogen-bond donors (Lipinski definition) is 1. The molecule has 1 heterocycles. The third-order valence-electron chi connectivity index (χ3n) is 2.75. The second kappa shape index (κ2) is 4.99. The summed E-state index contributed by atoms with van der Waals surface area (Å²) in [6.45, 7) is 0.631. The average Bonchev–Trinajstić information content (AvgIpc) is 3.08. The molecule has 1 fully saturated rings. The predicted octanol–water partition coefficient (Wildman–Crippen LogP) is 3.40. The number of nitrogens with one attached hydrogen (secondary N) is 1. The van der Waals surface area contributed by atoms with Crippen molar-refractivity contribution >= 4 is 27.5 Å². The molecule has 6 heteroatoms. The number of rotatable bonds is 4. The lowest BCUT2D eigenvalue weighted by Gasteiger charge is -1.98. The van der Waals surface area contributed by atoms with E-state index in [9.17, 15) is 0 Å². The third kappa shape index (κ3) is 2.74. The standard InChI is InChI=1S/C12H11BrClN3O/c13-9-5-7(1-4-10(9)14)12-17-16-11(18-12)6-15-8-2-3-8/h1,4-5,8,15H,2-3,6H2. The number of hydrogen-bond acceptors (Lipinski definition) is 4. The molecule has 2 aromatic rings. The molecule has 0 amide bonds. The minimum absolute atomic E-state index is 0.514. The summed E-state index contributed by atoms with van der Waals surface area (Å²) in [7, 11) is 0. The van der Waals surface area contributed by atoms with E-state index in [0.717, 1.165) is 10.0 Å². The molecule has 0 aliphatic heterocycles. The van der Waals surface area contributed by atoms with Crippen LogP contribution in [0.5, 0.6) is 0 Å². The van der Waals surface area contributed by atoms with Gasteiger partial charge < -0.3 is 9.73 Å². The highest BCUT2D eigenvalue weighted by atomic mass is 79.9. The highest BCUT2D eigenvalue weighted by molar-refractivity contribution is 9.10. The first-order chi connectivity index (χ1) is 8.72. The van der Waals surface area contributed by atoms with Gasteiger partial charge in [-0.1, -0.05) is 11.6 Å². The van der Waals surface area contributed by atoms with Crippen molar-refractivity contribution in [2.75, 3.05) is 0 Å². The van der Waals surface area contributed by atoms with Gasteiger partial charge in [0.05, 0.1) is 11.6 Å². The first-order valence-electron chi connectivity index (χ1n) is 5.73. The summed E-state index contributed by atoms with van der Waals surface area (Å²) >= 11 is 9.32. The molecule has 0 atom stereocenters. The summed E-state index contributed by atoms with van der Waals surface area (Å²) in [5.74, 6) is 1.13. The molecule has 1 aliphatic rings. The summed E-state index contributed by atoms with van der Waals surface area (Å²) in [4.78, 5) is 0. The van der Waals surface area contributed by atoms with E-state index < -0.39 is 0 Å². The number of nitrogens with zero attached hydrogens (tertiary/aromatic N) is 2. The molecule has 1 saturated carbocycles. The van der Waals surface area contributed by atoms with Gasteiger partial charge in [-0.3, -0.25) is 0 Å². The van der Waals surface area contributed by atoms with Gasteiger partial charge in [-0.05, 0) is 47.0 Å². The van der Waals surface area contributed by atoms with Gasteiger partial charge in [0, 0.05) is 16.1 Å². The Hall–Kier alpha value is -0.910. The largest absolute Gasteiger partial charge is 0.419 e. The molecule has 1 aromatic carbocycles. The Kier molecular flexibility index (Phi) is 3.37. The van der Waals surface area contributed by atoms with E-state index in [1.54, 1.807) is 6.07 Å². The van der Waals surface area contributed by atoms with Crippen molar-refractivity contribution in [3.63, 3.8) is 0 Å². The zero-order valence-corrected chi connectivity index (χ0v) is 11.8. The lowest BCUT2D eigenvalue weighted by Crippen LogP contribution is -2.15. The smallest absolute Gasteiger partial charge is 0.247 e. The number of benzene rings is 1. The molecule has 18 heavy (non-hydrogen) atoms. The maximum atomic E-state index is 5.94. The van der Waals surface area contributed by atoms with E-state index in [1.165, 1.54) is 12.8 Å². The summed E-state index contributed by atoms with van der Waals surface area (Å²) in [5, 5.41) is 12.0. The monoisotopic (exact) mass is 327 g/mol. The lowest BCUT2D eigenvalue weighted by atomic mass is 10.2. The Morgan fingerprint density at radius 1 is 1.39 bits per heavy atom. The van der Waals surface area contributed by atoms with Crippen molar-refractivity contribution in [2.24, 2.45) is 0 Å². The fourth-order valence-corrected chi connectivity index (χ4v) is 2.09. The summed E-state index contributed by atoms with van der Waals surface area (Å²) in [6, 6.07) is 6.16. The summed E-state index contributed by atoms with van der Waals surface area (Å²) < 4.78 is 6.41. The van der Waals surface area contributed by atoms with Gasteiger partial charge in [-0.15, -0.1) is 10.2 Å². The second-order valence-corrected chi connectivity index (χ2v) is 5.55. The molecule has 0 bridgehead atoms.